The van der Waals surface area contributed by atoms with Crippen molar-refractivity contribution >= 4 is 39.5 Å². The SMILES string of the molecule is CCCCCCCCCCCCCCCCCCCCCCCCC(=O)O[C@H](COC(=O)CCCCCCCCCCCCCCCCCCCCCCC)COP(=O)(O)OC[C@@H](O)COP(=O)(O)OC[C@@H](COC(=O)CCCCCCCCC(C)CC)OC(=O)CCCCCCCCCCCCC(C)C. The topological polar surface area (TPSA) is 237 Å². The summed E-state index contributed by atoms with van der Waals surface area (Å²) in [6.07, 6.45) is 71.2. The third kappa shape index (κ3) is 78.7. The van der Waals surface area contributed by atoms with Crippen LogP contribution < -0.4 is 0 Å². The van der Waals surface area contributed by atoms with Crippen LogP contribution in [0.15, 0.2) is 0 Å². The van der Waals surface area contributed by atoms with Gasteiger partial charge in [-0.3, -0.25) is 37.3 Å². The van der Waals surface area contributed by atoms with Crippen LogP contribution in [0.2, 0.25) is 0 Å². The molecular formula is C87H170O17P2. The quantitative estimate of drug-likeness (QED) is 0.0222. The molecule has 0 aliphatic heterocycles. The van der Waals surface area contributed by atoms with Crippen molar-refractivity contribution in [1.29, 1.82) is 0 Å². The number of aliphatic hydroxyl groups excluding tert-OH is 1. The lowest BCUT2D eigenvalue weighted by atomic mass is 10.00. The van der Waals surface area contributed by atoms with Gasteiger partial charge in [0.15, 0.2) is 12.2 Å². The Balaban J connectivity index is 5.20. The number of phosphoric ester groups is 2. The van der Waals surface area contributed by atoms with E-state index in [9.17, 15) is 43.2 Å². The number of aliphatic hydroxyl groups is 1. The molecule has 0 spiro atoms. The van der Waals surface area contributed by atoms with Crippen LogP contribution in [0.4, 0.5) is 0 Å². The lowest BCUT2D eigenvalue weighted by Crippen LogP contribution is -2.30. The summed E-state index contributed by atoms with van der Waals surface area (Å²) < 4.78 is 68.9. The van der Waals surface area contributed by atoms with E-state index >= 15 is 0 Å². The van der Waals surface area contributed by atoms with Gasteiger partial charge in [-0.05, 0) is 37.5 Å². The number of carbonyl (C=O) groups is 4. The predicted octanol–water partition coefficient (Wildman–Crippen LogP) is 26.6. The second kappa shape index (κ2) is 78.3. The molecule has 630 valence electrons. The van der Waals surface area contributed by atoms with Gasteiger partial charge in [-0.2, -0.15) is 0 Å². The van der Waals surface area contributed by atoms with Gasteiger partial charge in [0.2, 0.25) is 0 Å². The van der Waals surface area contributed by atoms with Crippen LogP contribution in [0.5, 0.6) is 0 Å². The second-order valence-corrected chi connectivity index (χ2v) is 34.9. The smallest absolute Gasteiger partial charge is 0.462 e. The van der Waals surface area contributed by atoms with Crippen molar-refractivity contribution in [2.45, 2.75) is 484 Å². The molecule has 106 heavy (non-hydrogen) atoms. The van der Waals surface area contributed by atoms with Crippen molar-refractivity contribution < 1.29 is 80.2 Å². The predicted molar refractivity (Wildman–Crippen MR) is 437 cm³/mol. The number of esters is 4. The Morgan fingerprint density at radius 2 is 0.481 bits per heavy atom. The van der Waals surface area contributed by atoms with E-state index in [0.29, 0.717) is 25.7 Å². The molecule has 0 rings (SSSR count). The fraction of sp³-hybridized carbons (Fsp3) is 0.954. The molecule has 0 amide bonds. The molecule has 0 fully saturated rings. The first-order valence-corrected chi connectivity index (χ1v) is 48.0. The molecule has 0 aromatic carbocycles. The molecule has 0 aliphatic rings. The number of ether oxygens (including phenoxy) is 4. The Bertz CT molecular complexity index is 2030. The maximum absolute atomic E-state index is 13.2. The zero-order chi connectivity index (χ0) is 77.8. The van der Waals surface area contributed by atoms with Crippen molar-refractivity contribution in [2.75, 3.05) is 39.6 Å². The fourth-order valence-corrected chi connectivity index (χ4v) is 15.1. The van der Waals surface area contributed by atoms with Crippen molar-refractivity contribution in [3.8, 4) is 0 Å². The molecular weight excluding hydrogens is 1380 g/mol. The molecule has 0 aliphatic carbocycles. The Morgan fingerprint density at radius 1 is 0.274 bits per heavy atom. The Kier molecular flexibility index (Phi) is 76.9. The van der Waals surface area contributed by atoms with E-state index in [1.165, 1.54) is 276 Å². The van der Waals surface area contributed by atoms with E-state index in [-0.39, 0.29) is 25.7 Å². The van der Waals surface area contributed by atoms with Crippen LogP contribution >= 0.6 is 15.6 Å². The van der Waals surface area contributed by atoms with Crippen LogP contribution in [0, 0.1) is 11.8 Å². The number of unbranched alkanes of at least 4 members (excludes halogenated alkanes) is 55. The standard InChI is InChI=1S/C87H170O17P2/c1-7-10-12-14-16-18-20-22-24-26-28-30-32-34-36-38-40-42-47-51-59-65-71-86(91)103-82(75-97-84(89)69-63-57-50-46-41-39-37-35-33-31-29-27-25-23-21-19-17-15-13-11-8-2)77-101-105(93,94)99-73-81(88)74-100-106(95,96)102-78-83(76-98-85(90)70-64-58-54-53-56-62-68-80(6)9-3)104-87(92)72-66-60-52-48-44-43-45-49-55-61-67-79(4)5/h79-83,88H,7-78H2,1-6H3,(H,93,94)(H,95,96)/t80?,81-,82-,83-/m1/s1. The average molecular weight is 1550 g/mol. The first-order valence-electron chi connectivity index (χ1n) is 45.0. The van der Waals surface area contributed by atoms with Gasteiger partial charge in [0.1, 0.15) is 19.3 Å². The fourth-order valence-electron chi connectivity index (χ4n) is 13.6. The van der Waals surface area contributed by atoms with Gasteiger partial charge in [0.25, 0.3) is 0 Å². The molecule has 17 nitrogen and oxygen atoms in total. The molecule has 0 radical (unpaired) electrons. The Hall–Kier alpha value is -1.94. The van der Waals surface area contributed by atoms with Crippen LogP contribution in [0.1, 0.15) is 465 Å². The van der Waals surface area contributed by atoms with Gasteiger partial charge >= 0.3 is 39.5 Å². The molecule has 3 unspecified atom stereocenters. The molecule has 0 saturated carbocycles. The summed E-state index contributed by atoms with van der Waals surface area (Å²) in [4.78, 5) is 73.2. The number of carbonyl (C=O) groups excluding carboxylic acids is 4. The molecule has 0 saturated heterocycles. The molecule has 0 aromatic rings. The van der Waals surface area contributed by atoms with E-state index in [1.54, 1.807) is 0 Å². The van der Waals surface area contributed by atoms with Gasteiger partial charge in [0.05, 0.1) is 26.4 Å². The number of rotatable bonds is 86. The second-order valence-electron chi connectivity index (χ2n) is 32.0. The highest BCUT2D eigenvalue weighted by molar-refractivity contribution is 7.47. The van der Waals surface area contributed by atoms with Crippen molar-refractivity contribution in [3.05, 3.63) is 0 Å². The normalized spacial score (nSPS) is 14.1. The minimum Gasteiger partial charge on any atom is -0.462 e. The van der Waals surface area contributed by atoms with Gasteiger partial charge < -0.3 is 33.8 Å². The number of phosphoric acid groups is 2. The monoisotopic (exact) mass is 1550 g/mol. The zero-order valence-electron chi connectivity index (χ0n) is 69.7. The highest BCUT2D eigenvalue weighted by atomic mass is 31.2. The largest absolute Gasteiger partial charge is 0.472 e. The first kappa shape index (κ1) is 104. The van der Waals surface area contributed by atoms with Gasteiger partial charge in [0, 0.05) is 25.7 Å². The van der Waals surface area contributed by atoms with Crippen LogP contribution in [-0.4, -0.2) is 96.7 Å². The van der Waals surface area contributed by atoms with Gasteiger partial charge in [-0.1, -0.05) is 414 Å². The summed E-state index contributed by atoms with van der Waals surface area (Å²) in [5.41, 5.74) is 0. The van der Waals surface area contributed by atoms with Crippen LogP contribution in [-0.2, 0) is 65.4 Å². The van der Waals surface area contributed by atoms with E-state index in [1.807, 2.05) is 0 Å². The number of hydrogen-bond acceptors (Lipinski definition) is 15. The van der Waals surface area contributed by atoms with E-state index < -0.39 is 97.5 Å². The highest BCUT2D eigenvalue weighted by Crippen LogP contribution is 2.45. The Morgan fingerprint density at radius 3 is 0.717 bits per heavy atom. The summed E-state index contributed by atoms with van der Waals surface area (Å²) in [6.45, 7) is 9.61. The lowest BCUT2D eigenvalue weighted by molar-refractivity contribution is -0.161. The maximum Gasteiger partial charge on any atom is 0.472 e. The molecule has 3 N–H and O–H groups in total. The Labute approximate surface area is 651 Å². The molecule has 6 atom stereocenters. The summed E-state index contributed by atoms with van der Waals surface area (Å²) >= 11 is 0. The molecule has 0 heterocycles. The summed E-state index contributed by atoms with van der Waals surface area (Å²) in [5, 5.41) is 10.7. The van der Waals surface area contributed by atoms with Crippen molar-refractivity contribution in [3.63, 3.8) is 0 Å². The highest BCUT2D eigenvalue weighted by Gasteiger charge is 2.30. The lowest BCUT2D eigenvalue weighted by Gasteiger charge is -2.21. The summed E-state index contributed by atoms with van der Waals surface area (Å²) in [7, 11) is -9.93. The average Bonchev–Trinajstić information content (AvgIpc) is 0.902. The first-order chi connectivity index (χ1) is 51.4. The van der Waals surface area contributed by atoms with E-state index in [2.05, 4.69) is 41.5 Å². The van der Waals surface area contributed by atoms with Crippen molar-refractivity contribution in [2.24, 2.45) is 11.8 Å². The van der Waals surface area contributed by atoms with E-state index in [0.717, 1.165) is 108 Å². The molecule has 0 bridgehead atoms. The number of hydrogen-bond donors (Lipinski definition) is 3. The van der Waals surface area contributed by atoms with Gasteiger partial charge in [-0.15, -0.1) is 0 Å². The molecule has 19 heteroatoms. The van der Waals surface area contributed by atoms with Crippen molar-refractivity contribution in [1.82, 2.24) is 0 Å². The van der Waals surface area contributed by atoms with Crippen LogP contribution in [0.3, 0.4) is 0 Å². The summed E-state index contributed by atoms with van der Waals surface area (Å²) in [6, 6.07) is 0. The minimum atomic E-state index is -4.97. The van der Waals surface area contributed by atoms with E-state index in [4.69, 9.17) is 37.0 Å². The maximum atomic E-state index is 13.2. The van der Waals surface area contributed by atoms with Gasteiger partial charge in [-0.25, -0.2) is 9.13 Å². The van der Waals surface area contributed by atoms with Crippen LogP contribution in [0.25, 0.3) is 0 Å². The minimum absolute atomic E-state index is 0.105. The summed E-state index contributed by atoms with van der Waals surface area (Å²) in [5.74, 6) is -0.623. The third-order valence-electron chi connectivity index (χ3n) is 20.8. The molecule has 0 aromatic heterocycles. The third-order valence-corrected chi connectivity index (χ3v) is 22.7. The zero-order valence-corrected chi connectivity index (χ0v) is 71.5.